The minimum Gasteiger partial charge on any atom is -0.504 e. The van der Waals surface area contributed by atoms with Gasteiger partial charge in [0.2, 0.25) is 5.79 Å². The number of phenols is 1. The fourth-order valence-electron chi connectivity index (χ4n) is 5.49. The first kappa shape index (κ1) is 32.2. The topological polar surface area (TPSA) is 172 Å². The zero-order valence-electron chi connectivity index (χ0n) is 24.1. The van der Waals surface area contributed by atoms with Crippen LogP contribution in [0.5, 0.6) is 11.5 Å². The van der Waals surface area contributed by atoms with Crippen LogP contribution in [0.1, 0.15) is 48.8 Å². The van der Waals surface area contributed by atoms with Gasteiger partial charge in [0.15, 0.2) is 23.7 Å². The number of hydrogen-bond acceptors (Lipinski definition) is 11. The maximum atomic E-state index is 13.9. The van der Waals surface area contributed by atoms with Gasteiger partial charge in [-0.15, -0.1) is 0 Å². The van der Waals surface area contributed by atoms with Gasteiger partial charge in [-0.1, -0.05) is 36.4 Å². The van der Waals surface area contributed by atoms with Crippen LogP contribution in [0.3, 0.4) is 0 Å². The molecule has 43 heavy (non-hydrogen) atoms. The Kier molecular flexibility index (Phi) is 10.6. The number of aliphatic hydroxyl groups is 4. The van der Waals surface area contributed by atoms with Gasteiger partial charge in [-0.3, -0.25) is 4.79 Å². The SMILES string of the molecule is COc1cc(C=C(CC(CCO)c2cccc(CCO)c2)C(=O)OC2C(OC(C)=O)C(O)C3CC=CC2(O)O3)ccc1O. The fraction of sp³-hybridized carbons (Fsp3) is 0.438. The minimum absolute atomic E-state index is 0.0364. The summed E-state index contributed by atoms with van der Waals surface area (Å²) < 4.78 is 22.0. The van der Waals surface area contributed by atoms with E-state index < -0.39 is 42.1 Å². The van der Waals surface area contributed by atoms with Gasteiger partial charge >= 0.3 is 11.9 Å². The Morgan fingerprint density at radius 2 is 1.93 bits per heavy atom. The molecule has 1 saturated heterocycles. The van der Waals surface area contributed by atoms with Crippen LogP contribution >= 0.6 is 0 Å². The Morgan fingerprint density at radius 1 is 1.14 bits per heavy atom. The number of fused-ring (bicyclic) bond motifs is 2. The molecule has 1 fully saturated rings. The van der Waals surface area contributed by atoms with Crippen LogP contribution < -0.4 is 4.74 Å². The van der Waals surface area contributed by atoms with Gasteiger partial charge in [0, 0.05) is 25.7 Å². The first-order valence-electron chi connectivity index (χ1n) is 14.1. The van der Waals surface area contributed by atoms with Gasteiger partial charge in [-0.05, 0) is 72.6 Å². The smallest absolute Gasteiger partial charge is 0.334 e. The molecule has 0 saturated carbocycles. The van der Waals surface area contributed by atoms with E-state index in [1.165, 1.54) is 31.4 Å². The highest BCUT2D eigenvalue weighted by Crippen LogP contribution is 2.39. The molecule has 0 aliphatic carbocycles. The lowest BCUT2D eigenvalue weighted by molar-refractivity contribution is -0.329. The molecule has 0 radical (unpaired) electrons. The minimum atomic E-state index is -2.16. The molecule has 11 heteroatoms. The van der Waals surface area contributed by atoms with Gasteiger partial charge in [0.25, 0.3) is 0 Å². The number of hydrogen-bond donors (Lipinski definition) is 5. The standard InChI is InChI=1S/C32H38O11/c1-19(35)41-29-28(37)26-7-4-12-32(39,43-26)30(29)42-31(38)24(16-21-8-9-25(36)27(17-21)40-2)18-23(11-14-34)22-6-3-5-20(15-22)10-13-33/h3-6,8-9,12,15-17,23,26,28-30,33-34,36-37,39H,7,10-11,13-14,18H2,1-2H3. The molecule has 11 nitrogen and oxygen atoms in total. The number of carbonyl (C=O) groups excluding carboxylic acids is 2. The highest BCUT2D eigenvalue weighted by molar-refractivity contribution is 5.94. The van der Waals surface area contributed by atoms with Crippen molar-refractivity contribution in [2.75, 3.05) is 20.3 Å². The summed E-state index contributed by atoms with van der Waals surface area (Å²) in [7, 11) is 1.39. The van der Waals surface area contributed by atoms with Crippen LogP contribution in [0.2, 0.25) is 0 Å². The second-order valence-electron chi connectivity index (χ2n) is 10.7. The van der Waals surface area contributed by atoms with Crippen LogP contribution in [-0.4, -0.2) is 88.0 Å². The molecule has 2 heterocycles. The molecule has 6 unspecified atom stereocenters. The monoisotopic (exact) mass is 598 g/mol. The molecule has 4 rings (SSSR count). The van der Waals surface area contributed by atoms with E-state index in [1.807, 2.05) is 24.3 Å². The Bertz CT molecular complexity index is 1350. The molecule has 0 aromatic heterocycles. The molecule has 2 bridgehead atoms. The zero-order valence-corrected chi connectivity index (χ0v) is 24.1. The van der Waals surface area contributed by atoms with E-state index in [0.717, 1.165) is 18.1 Å². The highest BCUT2D eigenvalue weighted by Gasteiger charge is 2.57. The van der Waals surface area contributed by atoms with Gasteiger partial charge in [0.05, 0.1) is 13.2 Å². The number of benzene rings is 2. The van der Waals surface area contributed by atoms with Crippen LogP contribution in [0, 0.1) is 0 Å². The van der Waals surface area contributed by atoms with Crippen molar-refractivity contribution < 1.29 is 54.1 Å². The van der Waals surface area contributed by atoms with Crippen molar-refractivity contribution >= 4 is 18.0 Å². The van der Waals surface area contributed by atoms with Crippen molar-refractivity contribution in [1.82, 2.24) is 0 Å². The summed E-state index contributed by atoms with van der Waals surface area (Å²) in [6, 6.07) is 12.0. The largest absolute Gasteiger partial charge is 0.504 e. The van der Waals surface area contributed by atoms with E-state index in [1.54, 1.807) is 12.1 Å². The molecular formula is C32H38O11. The molecule has 5 N–H and O–H groups in total. The molecule has 2 aromatic carbocycles. The van der Waals surface area contributed by atoms with Crippen molar-refractivity contribution in [2.24, 2.45) is 0 Å². The molecule has 6 atom stereocenters. The summed E-state index contributed by atoms with van der Waals surface area (Å²) >= 11 is 0. The van der Waals surface area contributed by atoms with Crippen LogP contribution in [0.25, 0.3) is 6.08 Å². The third-order valence-electron chi connectivity index (χ3n) is 7.60. The predicted octanol–water partition coefficient (Wildman–Crippen LogP) is 2.13. The maximum absolute atomic E-state index is 13.9. The van der Waals surface area contributed by atoms with E-state index >= 15 is 0 Å². The number of rotatable bonds is 12. The predicted molar refractivity (Wildman–Crippen MR) is 154 cm³/mol. The first-order chi connectivity index (χ1) is 20.6. The lowest BCUT2D eigenvalue weighted by atomic mass is 9.86. The van der Waals surface area contributed by atoms with E-state index in [-0.39, 0.29) is 49.0 Å². The number of aromatic hydroxyl groups is 1. The molecular weight excluding hydrogens is 560 g/mol. The van der Waals surface area contributed by atoms with E-state index in [2.05, 4.69) is 0 Å². The Hall–Kier alpha value is -3.74. The molecule has 0 amide bonds. The highest BCUT2D eigenvalue weighted by atomic mass is 16.7. The quantitative estimate of drug-likeness (QED) is 0.138. The normalized spacial score (nSPS) is 25.6. The second kappa shape index (κ2) is 14.2. The zero-order chi connectivity index (χ0) is 31.1. The van der Waals surface area contributed by atoms with E-state index in [9.17, 15) is 35.1 Å². The van der Waals surface area contributed by atoms with Crippen molar-refractivity contribution in [1.29, 1.82) is 0 Å². The average molecular weight is 599 g/mol. The second-order valence-corrected chi connectivity index (χ2v) is 10.7. The molecule has 0 spiro atoms. The number of aliphatic hydroxyl groups excluding tert-OH is 3. The molecule has 2 aliphatic heterocycles. The van der Waals surface area contributed by atoms with E-state index in [0.29, 0.717) is 18.4 Å². The Morgan fingerprint density at radius 3 is 2.63 bits per heavy atom. The third-order valence-corrected chi connectivity index (χ3v) is 7.60. The Labute approximate surface area is 249 Å². The molecule has 232 valence electrons. The van der Waals surface area contributed by atoms with Gasteiger partial charge in [0.1, 0.15) is 6.10 Å². The van der Waals surface area contributed by atoms with Crippen molar-refractivity contribution in [3.05, 3.63) is 76.9 Å². The maximum Gasteiger partial charge on any atom is 0.334 e. The van der Waals surface area contributed by atoms with Crippen molar-refractivity contribution in [2.45, 2.75) is 68.7 Å². The summed E-state index contributed by atoms with van der Waals surface area (Å²) in [5.74, 6) is -4.06. The summed E-state index contributed by atoms with van der Waals surface area (Å²) in [4.78, 5) is 25.9. The molecule has 2 aromatic rings. The molecule has 2 aliphatic rings. The number of esters is 2. The van der Waals surface area contributed by atoms with Gasteiger partial charge < -0.3 is 44.5 Å². The summed E-state index contributed by atoms with van der Waals surface area (Å²) in [6.45, 7) is 0.934. The number of ether oxygens (including phenoxy) is 4. The summed E-state index contributed by atoms with van der Waals surface area (Å²) in [5, 5.41) is 51.6. The first-order valence-corrected chi connectivity index (χ1v) is 14.1. The lowest BCUT2D eigenvalue weighted by Gasteiger charge is -2.48. The third kappa shape index (κ3) is 7.62. The van der Waals surface area contributed by atoms with Crippen LogP contribution in [0.15, 0.2) is 60.2 Å². The van der Waals surface area contributed by atoms with Gasteiger partial charge in [-0.2, -0.15) is 0 Å². The van der Waals surface area contributed by atoms with Crippen LogP contribution in [-0.2, 0) is 30.2 Å². The van der Waals surface area contributed by atoms with Crippen molar-refractivity contribution in [3.63, 3.8) is 0 Å². The fourth-order valence-corrected chi connectivity index (χ4v) is 5.49. The van der Waals surface area contributed by atoms with E-state index in [4.69, 9.17) is 18.9 Å². The number of phenolic OH excluding ortho intramolecular Hbond substituents is 1. The number of carbonyl (C=O) groups is 2. The lowest BCUT2D eigenvalue weighted by Crippen LogP contribution is -2.66. The van der Waals surface area contributed by atoms with Crippen molar-refractivity contribution in [3.8, 4) is 11.5 Å². The average Bonchev–Trinajstić information content (AvgIpc) is 2.98. The van der Waals surface area contributed by atoms with Crippen LogP contribution in [0.4, 0.5) is 0 Å². The summed E-state index contributed by atoms with van der Waals surface area (Å²) in [6.07, 6.45) is 0.237. The Balaban J connectivity index is 1.74. The number of methoxy groups -OCH3 is 1. The van der Waals surface area contributed by atoms with Gasteiger partial charge in [-0.25, -0.2) is 4.79 Å². The summed E-state index contributed by atoms with van der Waals surface area (Å²) in [5.41, 5.74) is 2.33.